The van der Waals surface area contributed by atoms with Gasteiger partial charge in [0.25, 0.3) is 0 Å². The van der Waals surface area contributed by atoms with Crippen LogP contribution in [0.15, 0.2) is 18.1 Å². The van der Waals surface area contributed by atoms with Crippen molar-refractivity contribution in [3.63, 3.8) is 0 Å². The van der Waals surface area contributed by atoms with Gasteiger partial charge in [0, 0.05) is 0 Å². The van der Waals surface area contributed by atoms with Crippen LogP contribution in [0.1, 0.15) is 0 Å². The average Bonchev–Trinajstić information content (AvgIpc) is 1.67. The predicted octanol–water partition coefficient (Wildman–Crippen LogP) is 6.22. The van der Waals surface area contributed by atoms with E-state index in [2.05, 4.69) is 68.7 Å². The van der Waals surface area contributed by atoms with Crippen LogP contribution in [0.2, 0.25) is 0 Å². The smallest absolute Gasteiger partial charge is 0.134 e. The summed E-state index contributed by atoms with van der Waals surface area (Å²) in [5.41, 5.74) is 0. The first-order chi connectivity index (χ1) is 6.83. The molecule has 0 aromatic heterocycles. The van der Waals surface area contributed by atoms with Crippen LogP contribution in [0.3, 0.4) is 0 Å². The summed E-state index contributed by atoms with van der Waals surface area (Å²) in [6.45, 7) is 15.2. The summed E-state index contributed by atoms with van der Waals surface area (Å²) >= 11 is 2.42. The van der Waals surface area contributed by atoms with Gasteiger partial charge in [-0.05, 0) is 68.7 Å². The molecular formula is C7H21IN4P4. The van der Waals surface area contributed by atoms with Gasteiger partial charge in [0.05, 0.1) is 21.6 Å². The first-order valence-corrected chi connectivity index (χ1v) is 17.6. The van der Waals surface area contributed by atoms with Crippen LogP contribution in [0, 0.1) is 0 Å². The normalized spacial score (nSPS) is 35.5. The monoisotopic (exact) mass is 412 g/mol. The highest BCUT2D eigenvalue weighted by molar-refractivity contribution is 14.2. The number of nitrogens with zero attached hydrogens (tertiary/aromatic N) is 4. The van der Waals surface area contributed by atoms with Crippen molar-refractivity contribution in [3.05, 3.63) is 0 Å². The molecule has 1 unspecified atom stereocenters. The Kier molecular flexibility index (Phi) is 4.55. The number of halogens is 1. The van der Waals surface area contributed by atoms with Crippen molar-refractivity contribution in [2.24, 2.45) is 18.1 Å². The van der Waals surface area contributed by atoms with E-state index in [-0.39, 0.29) is 0 Å². The molecule has 9 heteroatoms. The third kappa shape index (κ3) is 5.11. The van der Waals surface area contributed by atoms with Crippen molar-refractivity contribution in [1.82, 2.24) is 0 Å². The van der Waals surface area contributed by atoms with E-state index in [0.29, 0.717) is 0 Å². The standard InChI is InChI=1S/C7H21IN4P4/c1-13(2)9-14(3,4)11-16(7,8)12-15(5,6)10-13/h1-7H3. The maximum atomic E-state index is 4.97. The molecule has 16 heavy (non-hydrogen) atoms. The van der Waals surface area contributed by atoms with Crippen LogP contribution in [0.5, 0.6) is 0 Å². The van der Waals surface area contributed by atoms with Crippen LogP contribution in [-0.4, -0.2) is 46.7 Å². The van der Waals surface area contributed by atoms with Gasteiger partial charge in [-0.2, -0.15) is 0 Å². The molecule has 0 aromatic rings. The van der Waals surface area contributed by atoms with Crippen molar-refractivity contribution in [2.75, 3.05) is 46.7 Å². The average molecular weight is 412 g/mol. The highest BCUT2D eigenvalue weighted by atomic mass is 127. The van der Waals surface area contributed by atoms with Crippen molar-refractivity contribution in [2.45, 2.75) is 0 Å². The Hall–Kier alpha value is 1.65. The Bertz CT molecular complexity index is 390. The lowest BCUT2D eigenvalue weighted by Crippen LogP contribution is -1.80. The first-order valence-electron chi connectivity index (χ1n) is 4.90. The lowest BCUT2D eigenvalue weighted by atomic mass is 11.9. The fourth-order valence-corrected chi connectivity index (χ4v) is 27.3. The predicted molar refractivity (Wildman–Crippen MR) is 92.9 cm³/mol. The number of hydrogen-bond donors (Lipinski definition) is 0. The molecule has 4 nitrogen and oxygen atoms in total. The first kappa shape index (κ1) is 15.7. The highest BCUT2D eigenvalue weighted by Crippen LogP contribution is 2.75. The summed E-state index contributed by atoms with van der Waals surface area (Å²) in [5.74, 6) is 0. The quantitative estimate of drug-likeness (QED) is 0.335. The number of hydrogen-bond acceptors (Lipinski definition) is 4. The molecule has 0 spiro atoms. The van der Waals surface area contributed by atoms with Gasteiger partial charge in [0.1, 0.15) is 4.85 Å². The summed E-state index contributed by atoms with van der Waals surface area (Å²) in [5, 5.41) is 0. The lowest BCUT2D eigenvalue weighted by Gasteiger charge is -2.25. The van der Waals surface area contributed by atoms with Gasteiger partial charge in [-0.15, -0.1) is 0 Å². The van der Waals surface area contributed by atoms with Gasteiger partial charge in [-0.25, -0.2) is 18.1 Å². The van der Waals surface area contributed by atoms with Crippen molar-refractivity contribution in [1.29, 1.82) is 0 Å². The van der Waals surface area contributed by atoms with Crippen molar-refractivity contribution >= 4 is 48.5 Å². The maximum Gasteiger partial charge on any atom is 0.134 e. The molecule has 0 aliphatic carbocycles. The van der Waals surface area contributed by atoms with Crippen LogP contribution in [-0.2, 0) is 0 Å². The van der Waals surface area contributed by atoms with Gasteiger partial charge in [-0.3, -0.25) is 0 Å². The Morgan fingerprint density at radius 1 is 0.562 bits per heavy atom. The van der Waals surface area contributed by atoms with Gasteiger partial charge >= 0.3 is 0 Å². The molecule has 1 aliphatic rings. The number of rotatable bonds is 0. The molecule has 0 saturated carbocycles. The van der Waals surface area contributed by atoms with E-state index < -0.39 is 26.5 Å². The van der Waals surface area contributed by atoms with Crippen LogP contribution < -0.4 is 0 Å². The van der Waals surface area contributed by atoms with Gasteiger partial charge < -0.3 is 0 Å². The van der Waals surface area contributed by atoms with E-state index >= 15 is 0 Å². The summed E-state index contributed by atoms with van der Waals surface area (Å²) in [7, 11) is -4.60. The van der Waals surface area contributed by atoms with Gasteiger partial charge in [-0.1, -0.05) is 0 Å². The Balaban J connectivity index is 3.67. The summed E-state index contributed by atoms with van der Waals surface area (Å²) < 4.78 is 19.9. The maximum absolute atomic E-state index is 4.97. The molecule has 1 aliphatic heterocycles. The molecule has 0 N–H and O–H groups in total. The second-order valence-electron chi connectivity index (χ2n) is 5.18. The van der Waals surface area contributed by atoms with E-state index in [1.165, 1.54) is 0 Å². The molecule has 96 valence electrons. The second-order valence-corrected chi connectivity index (χ2v) is 23.2. The van der Waals surface area contributed by atoms with Crippen molar-refractivity contribution in [3.8, 4) is 0 Å². The molecule has 0 amide bonds. The molecule has 1 rings (SSSR count). The fraction of sp³-hybridized carbons (Fsp3) is 1.00. The second kappa shape index (κ2) is 4.64. The fourth-order valence-electron chi connectivity index (χ4n) is 1.94. The van der Waals surface area contributed by atoms with E-state index in [1.807, 2.05) is 0 Å². The lowest BCUT2D eigenvalue weighted by molar-refractivity contribution is 1.64. The van der Waals surface area contributed by atoms with E-state index in [9.17, 15) is 0 Å². The zero-order valence-electron chi connectivity index (χ0n) is 11.0. The summed E-state index contributed by atoms with van der Waals surface area (Å²) in [6.07, 6.45) is 0. The van der Waals surface area contributed by atoms with Crippen LogP contribution >= 0.6 is 48.5 Å². The molecule has 0 bridgehead atoms. The van der Waals surface area contributed by atoms with E-state index in [4.69, 9.17) is 18.1 Å². The molecular weight excluding hydrogens is 391 g/mol. The Labute approximate surface area is 113 Å². The summed E-state index contributed by atoms with van der Waals surface area (Å²) in [4.78, 5) is -1.56. The molecule has 0 aromatic carbocycles. The topological polar surface area (TPSA) is 49.4 Å². The summed E-state index contributed by atoms with van der Waals surface area (Å²) in [6, 6.07) is 0. The Morgan fingerprint density at radius 3 is 1.31 bits per heavy atom. The zero-order valence-corrected chi connectivity index (χ0v) is 16.7. The highest BCUT2D eigenvalue weighted by Gasteiger charge is 2.21. The molecule has 0 radical (unpaired) electrons. The van der Waals surface area contributed by atoms with E-state index in [1.54, 1.807) is 0 Å². The van der Waals surface area contributed by atoms with Gasteiger partial charge in [0.15, 0.2) is 0 Å². The molecule has 1 heterocycles. The minimum Gasteiger partial charge on any atom is -0.242 e. The largest absolute Gasteiger partial charge is 0.242 e. The van der Waals surface area contributed by atoms with Crippen LogP contribution in [0.4, 0.5) is 0 Å². The third-order valence-corrected chi connectivity index (χ3v) is 18.2. The molecule has 0 fully saturated rings. The molecule has 1 atom stereocenters. The minimum absolute atomic E-state index is 1.53. The minimum atomic E-state index is -1.56. The zero-order chi connectivity index (χ0) is 12.8. The third-order valence-electron chi connectivity index (χ3n) is 1.64. The molecule has 0 saturated heterocycles. The van der Waals surface area contributed by atoms with E-state index in [0.717, 1.165) is 0 Å². The van der Waals surface area contributed by atoms with Crippen molar-refractivity contribution < 1.29 is 0 Å². The SMILES string of the molecule is CP1(C)=NP(C)(C)=NP(C)(I)=NP(C)(C)=N1. The van der Waals surface area contributed by atoms with Gasteiger partial charge in [0.2, 0.25) is 0 Å². The van der Waals surface area contributed by atoms with Crippen LogP contribution in [0.25, 0.3) is 0 Å². The Morgan fingerprint density at radius 2 is 0.875 bits per heavy atom.